The Morgan fingerprint density at radius 1 is 1.12 bits per heavy atom. The molecule has 1 aliphatic heterocycles. The van der Waals surface area contributed by atoms with E-state index in [9.17, 15) is 24.8 Å². The molecule has 2 aromatic heterocycles. The monoisotopic (exact) mass is 678 g/mol. The fourth-order valence-electron chi connectivity index (χ4n) is 5.41. The van der Waals surface area contributed by atoms with E-state index in [-0.39, 0.29) is 36.2 Å². The van der Waals surface area contributed by atoms with Crippen molar-refractivity contribution < 1.29 is 38.1 Å². The van der Waals surface area contributed by atoms with Gasteiger partial charge in [0, 0.05) is 0 Å². The molecular weight excluding hydrogens is 639 g/mol. The van der Waals surface area contributed by atoms with E-state index in [0.29, 0.717) is 5.52 Å². The third-order valence-electron chi connectivity index (χ3n) is 8.36. The zero-order chi connectivity index (χ0) is 34.3. The van der Waals surface area contributed by atoms with E-state index in [2.05, 4.69) is 15.2 Å². The van der Waals surface area contributed by atoms with Crippen molar-refractivity contribution in [2.45, 2.75) is 63.1 Å². The number of nitriles is 1. The second kappa shape index (κ2) is 15.3. The van der Waals surface area contributed by atoms with Crippen LogP contribution < -0.4 is 15.3 Å². The number of para-hydroxylation sites is 1. The van der Waals surface area contributed by atoms with Gasteiger partial charge in [-0.25, -0.2) is 14.1 Å². The first-order chi connectivity index (χ1) is 23.1. The summed E-state index contributed by atoms with van der Waals surface area (Å²) >= 11 is 0. The maximum Gasteiger partial charge on any atom is 0.459 e. The van der Waals surface area contributed by atoms with Crippen LogP contribution in [-0.4, -0.2) is 67.8 Å². The number of carbonyl (C=O) groups excluding carboxylic acids is 1. The van der Waals surface area contributed by atoms with Crippen LogP contribution in [-0.2, 0) is 29.8 Å². The molecule has 1 saturated heterocycles. The Labute approximate surface area is 278 Å². The van der Waals surface area contributed by atoms with Crippen LogP contribution in [0.3, 0.4) is 0 Å². The van der Waals surface area contributed by atoms with E-state index in [1.165, 1.54) is 10.8 Å². The Hall–Kier alpha value is -4.35. The minimum Gasteiger partial charge on any atom is -0.464 e. The molecule has 3 heterocycles. The summed E-state index contributed by atoms with van der Waals surface area (Å²) in [5.74, 6) is -0.208. The maximum absolute atomic E-state index is 14.6. The summed E-state index contributed by atoms with van der Waals surface area (Å²) in [6, 6.07) is 21.1. The molecule has 0 radical (unpaired) electrons. The highest BCUT2D eigenvalue weighted by Gasteiger charge is 2.57. The number of aliphatic hydroxyl groups is 2. The highest BCUT2D eigenvalue weighted by Crippen LogP contribution is 2.48. The zero-order valence-electron chi connectivity index (χ0n) is 26.6. The molecule has 1 unspecified atom stereocenters. The topological polar surface area (TPSA) is 204 Å². The number of nitrogen functional groups attached to an aromatic ring is 1. The van der Waals surface area contributed by atoms with E-state index >= 15 is 0 Å². The molecule has 0 spiro atoms. The van der Waals surface area contributed by atoms with Crippen molar-refractivity contribution in [1.29, 1.82) is 5.26 Å². The van der Waals surface area contributed by atoms with Gasteiger partial charge in [-0.1, -0.05) is 75.2 Å². The summed E-state index contributed by atoms with van der Waals surface area (Å²) in [5.41, 5.74) is 5.19. The van der Waals surface area contributed by atoms with E-state index in [4.69, 9.17) is 24.3 Å². The molecule has 14 nitrogen and oxygen atoms in total. The molecule has 0 amide bonds. The Morgan fingerprint density at radius 2 is 1.81 bits per heavy atom. The summed E-state index contributed by atoms with van der Waals surface area (Å²) in [4.78, 5) is 17.4. The number of nitrogens with zero attached hydrogens (tertiary/aromatic N) is 4. The molecule has 5 rings (SSSR count). The van der Waals surface area contributed by atoms with Crippen LogP contribution in [0.15, 0.2) is 79.1 Å². The molecule has 48 heavy (non-hydrogen) atoms. The molecule has 1 fully saturated rings. The van der Waals surface area contributed by atoms with Gasteiger partial charge in [-0.05, 0) is 42.2 Å². The van der Waals surface area contributed by atoms with Gasteiger partial charge in [-0.15, -0.1) is 0 Å². The number of ether oxygens (including phenoxy) is 2. The molecule has 0 aliphatic carbocycles. The summed E-state index contributed by atoms with van der Waals surface area (Å²) < 4.78 is 39.3. The van der Waals surface area contributed by atoms with E-state index in [1.807, 2.05) is 50.2 Å². The van der Waals surface area contributed by atoms with Gasteiger partial charge in [0.2, 0.25) is 5.60 Å². The minimum atomic E-state index is -4.55. The average molecular weight is 679 g/mol. The fraction of sp³-hybridized carbons (Fsp3) is 0.394. The molecule has 0 bridgehead atoms. The van der Waals surface area contributed by atoms with Crippen molar-refractivity contribution in [1.82, 2.24) is 19.7 Å². The van der Waals surface area contributed by atoms with Crippen LogP contribution in [0.5, 0.6) is 5.75 Å². The van der Waals surface area contributed by atoms with Gasteiger partial charge in [-0.2, -0.15) is 15.4 Å². The second-order valence-electron chi connectivity index (χ2n) is 11.5. The first-order valence-electron chi connectivity index (χ1n) is 15.6. The number of hydrogen-bond donors (Lipinski definition) is 4. The number of rotatable bonds is 15. The quantitative estimate of drug-likeness (QED) is 0.105. The lowest BCUT2D eigenvalue weighted by Gasteiger charge is -2.29. The van der Waals surface area contributed by atoms with Crippen molar-refractivity contribution >= 4 is 25.1 Å². The van der Waals surface area contributed by atoms with Crippen LogP contribution in [0, 0.1) is 17.2 Å². The molecule has 2 aromatic carbocycles. The maximum atomic E-state index is 14.6. The Balaban J connectivity index is 1.43. The first kappa shape index (κ1) is 35.0. The zero-order valence-corrected chi connectivity index (χ0v) is 27.5. The van der Waals surface area contributed by atoms with Crippen molar-refractivity contribution in [2.24, 2.45) is 5.92 Å². The minimum absolute atomic E-state index is 0.0731. The number of hydrogen-bond acceptors (Lipinski definition) is 12. The molecule has 4 aromatic rings. The summed E-state index contributed by atoms with van der Waals surface area (Å²) in [6.07, 6.45) is -1.77. The van der Waals surface area contributed by atoms with E-state index in [0.717, 1.165) is 18.4 Å². The number of esters is 1. The van der Waals surface area contributed by atoms with Gasteiger partial charge in [0.25, 0.3) is 0 Å². The Morgan fingerprint density at radius 3 is 2.48 bits per heavy atom. The van der Waals surface area contributed by atoms with Gasteiger partial charge >= 0.3 is 13.7 Å². The highest BCUT2D eigenvalue weighted by atomic mass is 31.2. The largest absolute Gasteiger partial charge is 0.464 e. The lowest BCUT2D eigenvalue weighted by molar-refractivity contribution is -0.147. The van der Waals surface area contributed by atoms with Gasteiger partial charge in [0.1, 0.15) is 54.6 Å². The molecule has 15 heteroatoms. The van der Waals surface area contributed by atoms with Crippen molar-refractivity contribution in [3.05, 3.63) is 90.4 Å². The van der Waals surface area contributed by atoms with Crippen LogP contribution in [0.2, 0.25) is 0 Å². The molecule has 0 saturated carbocycles. The smallest absolute Gasteiger partial charge is 0.459 e. The number of aliphatic hydroxyl groups excluding tert-OH is 2. The van der Waals surface area contributed by atoms with Gasteiger partial charge < -0.3 is 29.9 Å². The lowest BCUT2D eigenvalue weighted by atomic mass is 9.96. The number of benzene rings is 2. The van der Waals surface area contributed by atoms with Gasteiger partial charge in [0.05, 0.1) is 12.3 Å². The number of aromatic nitrogens is 3. The molecule has 5 N–H and O–H groups in total. The molecule has 6 atom stereocenters. The molecule has 254 valence electrons. The SMILES string of the molecule is CCC(CC)COC(=O)[C@H](Cc1ccccc1)NP(=O)(OC[C@@]1(C#N)O[C@@H](c2ccc3c(N)ncnn23)[C@H](O)[C@@H]1O)Oc1ccccc1. The average Bonchev–Trinajstić information content (AvgIpc) is 3.64. The fourth-order valence-corrected chi connectivity index (χ4v) is 6.93. The van der Waals surface area contributed by atoms with Crippen molar-refractivity contribution in [3.63, 3.8) is 0 Å². The summed E-state index contributed by atoms with van der Waals surface area (Å²) in [5, 5.41) is 39.4. The summed E-state index contributed by atoms with van der Waals surface area (Å²) in [7, 11) is -4.55. The number of nitrogens with two attached hydrogens (primary N) is 1. The van der Waals surface area contributed by atoms with Crippen LogP contribution in [0.25, 0.3) is 5.52 Å². The highest BCUT2D eigenvalue weighted by molar-refractivity contribution is 7.52. The van der Waals surface area contributed by atoms with Crippen LogP contribution in [0.4, 0.5) is 5.82 Å². The van der Waals surface area contributed by atoms with Crippen molar-refractivity contribution in [2.75, 3.05) is 18.9 Å². The molecule has 1 aliphatic rings. The van der Waals surface area contributed by atoms with Gasteiger partial charge in [0.15, 0.2) is 5.82 Å². The van der Waals surface area contributed by atoms with Crippen LogP contribution in [0.1, 0.15) is 44.1 Å². The third kappa shape index (κ3) is 7.68. The lowest BCUT2D eigenvalue weighted by Crippen LogP contribution is -2.46. The number of nitrogens with one attached hydrogen (secondary N) is 1. The Kier molecular flexibility index (Phi) is 11.1. The number of carbonyl (C=O) groups is 1. The predicted octanol–water partition coefficient (Wildman–Crippen LogP) is 3.75. The first-order valence-corrected chi connectivity index (χ1v) is 17.2. The number of fused-ring (bicyclic) bond motifs is 1. The third-order valence-corrected chi connectivity index (χ3v) is 9.90. The predicted molar refractivity (Wildman–Crippen MR) is 174 cm³/mol. The number of anilines is 1. The van der Waals surface area contributed by atoms with Gasteiger partial charge in [-0.3, -0.25) is 9.32 Å². The standard InChI is InChI=1S/C33H39N6O8P/c1-3-22(4-2)18-44-32(42)25(17-23-11-7-5-8-12-23)38-48(43,47-24-13-9-6-10-14-24)45-20-33(19-34)30(41)28(40)29(46-33)26-15-16-27-31(35)36-21-37-39(26)27/h5-16,21-22,25,28-30,40-41H,3-4,17-18,20H2,1-2H3,(H,38,43)(H2,35,36,37)/t25-,28-,29-,30-,33+,48?/m0/s1. The van der Waals surface area contributed by atoms with E-state index < -0.39 is 50.3 Å². The van der Waals surface area contributed by atoms with Crippen LogP contribution >= 0.6 is 7.75 Å². The second-order valence-corrected chi connectivity index (χ2v) is 13.2. The molecular formula is C33H39N6O8P. The summed E-state index contributed by atoms with van der Waals surface area (Å²) in [6.45, 7) is 3.36. The van der Waals surface area contributed by atoms with Crippen molar-refractivity contribution in [3.8, 4) is 11.8 Å². The van der Waals surface area contributed by atoms with E-state index in [1.54, 1.807) is 42.5 Å². The normalized spacial score (nSPS) is 22.6. The Bertz CT molecular complexity index is 1770.